The van der Waals surface area contributed by atoms with E-state index in [4.69, 9.17) is 16.3 Å². The summed E-state index contributed by atoms with van der Waals surface area (Å²) in [5, 5.41) is 2.92. The molecule has 3 atom stereocenters. The largest absolute Gasteiger partial charge is 0.466 e. The van der Waals surface area contributed by atoms with Gasteiger partial charge in [0, 0.05) is 29.0 Å². The quantitative estimate of drug-likeness (QED) is 0.873. The molecule has 0 bridgehead atoms. The van der Waals surface area contributed by atoms with Gasteiger partial charge in [0.15, 0.2) is 0 Å². The molecule has 1 saturated heterocycles. The lowest BCUT2D eigenvalue weighted by atomic mass is 9.76. The number of nitrogens with one attached hydrogen (secondary N) is 1. The third-order valence-corrected chi connectivity index (χ3v) is 4.02. The van der Waals surface area contributed by atoms with Gasteiger partial charge in [-0.1, -0.05) is 17.7 Å². The summed E-state index contributed by atoms with van der Waals surface area (Å²) in [6.07, 6.45) is 0.00841. The van der Waals surface area contributed by atoms with Gasteiger partial charge in [-0.05, 0) is 26.0 Å². The van der Waals surface area contributed by atoms with Crippen LogP contribution in [-0.4, -0.2) is 24.5 Å². The Labute approximate surface area is 127 Å². The van der Waals surface area contributed by atoms with E-state index in [1.165, 1.54) is 12.1 Å². The molecule has 1 aromatic rings. The maximum absolute atomic E-state index is 14.1. The summed E-state index contributed by atoms with van der Waals surface area (Å²) in [4.78, 5) is 24.0. The highest BCUT2D eigenvalue weighted by Gasteiger charge is 2.42. The molecular formula is C15H17ClFNO3. The van der Waals surface area contributed by atoms with Gasteiger partial charge in [0.25, 0.3) is 0 Å². The van der Waals surface area contributed by atoms with E-state index in [-0.39, 0.29) is 29.5 Å². The molecule has 0 spiro atoms. The molecule has 0 unspecified atom stereocenters. The molecule has 114 valence electrons. The smallest absolute Gasteiger partial charge is 0.311 e. The fourth-order valence-corrected chi connectivity index (χ4v) is 3.13. The van der Waals surface area contributed by atoms with E-state index in [2.05, 4.69) is 5.32 Å². The minimum Gasteiger partial charge on any atom is -0.466 e. The number of piperidine rings is 1. The van der Waals surface area contributed by atoms with Crippen LogP contribution in [0.4, 0.5) is 4.39 Å². The molecule has 4 nitrogen and oxygen atoms in total. The molecule has 1 aromatic carbocycles. The van der Waals surface area contributed by atoms with Crippen LogP contribution in [0.5, 0.6) is 0 Å². The van der Waals surface area contributed by atoms with Gasteiger partial charge in [-0.3, -0.25) is 9.59 Å². The zero-order chi connectivity index (χ0) is 15.6. The summed E-state index contributed by atoms with van der Waals surface area (Å²) >= 11 is 6.08. The zero-order valence-electron chi connectivity index (χ0n) is 11.9. The number of ether oxygens (including phenoxy) is 1. The van der Waals surface area contributed by atoms with Gasteiger partial charge in [0.2, 0.25) is 5.91 Å². The Kier molecular flexibility index (Phi) is 4.83. The first-order valence-corrected chi connectivity index (χ1v) is 7.23. The first-order chi connectivity index (χ1) is 9.95. The maximum atomic E-state index is 14.1. The zero-order valence-corrected chi connectivity index (χ0v) is 12.6. The summed E-state index contributed by atoms with van der Waals surface area (Å²) in [6, 6.07) is 3.89. The summed E-state index contributed by atoms with van der Waals surface area (Å²) in [5.74, 6) is -2.47. The van der Waals surface area contributed by atoms with Crippen molar-refractivity contribution in [3.05, 3.63) is 34.6 Å². The lowest BCUT2D eigenvalue weighted by Gasteiger charge is -2.35. The molecule has 6 heteroatoms. The maximum Gasteiger partial charge on any atom is 0.311 e. The second-order valence-electron chi connectivity index (χ2n) is 5.08. The number of hydrogen-bond donors (Lipinski definition) is 1. The lowest BCUT2D eigenvalue weighted by molar-refractivity contribution is -0.151. The fourth-order valence-electron chi connectivity index (χ4n) is 2.83. The molecule has 1 fully saturated rings. The van der Waals surface area contributed by atoms with Gasteiger partial charge < -0.3 is 10.1 Å². The van der Waals surface area contributed by atoms with Crippen molar-refractivity contribution in [1.29, 1.82) is 0 Å². The molecule has 1 aliphatic rings. The predicted octanol–water partition coefficient (Wildman–Crippen LogP) is 2.65. The van der Waals surface area contributed by atoms with Crippen LogP contribution < -0.4 is 5.32 Å². The van der Waals surface area contributed by atoms with Crippen LogP contribution in [0.2, 0.25) is 5.02 Å². The van der Waals surface area contributed by atoms with Gasteiger partial charge in [0.1, 0.15) is 5.82 Å². The number of halogens is 2. The van der Waals surface area contributed by atoms with Crippen LogP contribution in [0.15, 0.2) is 18.2 Å². The Balaban J connectivity index is 2.45. The number of carbonyl (C=O) groups is 2. The van der Waals surface area contributed by atoms with Crippen LogP contribution >= 0.6 is 11.6 Å². The third-order valence-electron chi connectivity index (χ3n) is 3.70. The number of amides is 1. The van der Waals surface area contributed by atoms with Crippen LogP contribution in [0, 0.1) is 11.7 Å². The van der Waals surface area contributed by atoms with Crippen LogP contribution in [0.1, 0.15) is 31.7 Å². The van der Waals surface area contributed by atoms with E-state index < -0.39 is 29.7 Å². The van der Waals surface area contributed by atoms with E-state index in [1.54, 1.807) is 19.9 Å². The summed E-state index contributed by atoms with van der Waals surface area (Å²) in [5.41, 5.74) is 0.207. The first kappa shape index (κ1) is 15.8. The molecule has 0 saturated carbocycles. The lowest BCUT2D eigenvalue weighted by Crippen LogP contribution is -2.50. The summed E-state index contributed by atoms with van der Waals surface area (Å²) < 4.78 is 19.2. The molecule has 1 amide bonds. The monoisotopic (exact) mass is 313 g/mol. The Morgan fingerprint density at radius 2 is 2.24 bits per heavy atom. The van der Waals surface area contributed by atoms with E-state index in [9.17, 15) is 14.0 Å². The number of carbonyl (C=O) groups excluding carboxylic acids is 2. The number of hydrogen-bond acceptors (Lipinski definition) is 3. The second-order valence-corrected chi connectivity index (χ2v) is 5.49. The highest BCUT2D eigenvalue weighted by Crippen LogP contribution is 2.39. The summed E-state index contributed by atoms with van der Waals surface area (Å²) in [6.45, 7) is 3.64. The molecule has 1 heterocycles. The third kappa shape index (κ3) is 3.18. The highest BCUT2D eigenvalue weighted by atomic mass is 35.5. The van der Waals surface area contributed by atoms with Crippen molar-refractivity contribution in [3.63, 3.8) is 0 Å². The SMILES string of the molecule is CCOC(=O)[C@@H]1[C@H](C)NC(=O)C[C@@H]1c1c(F)cccc1Cl. The average molecular weight is 314 g/mol. The van der Waals surface area contributed by atoms with E-state index in [1.807, 2.05) is 0 Å². The number of rotatable bonds is 3. The van der Waals surface area contributed by atoms with Crippen molar-refractivity contribution < 1.29 is 18.7 Å². The minimum atomic E-state index is -0.656. The molecule has 0 aromatic heterocycles. The molecular weight excluding hydrogens is 297 g/mol. The fraction of sp³-hybridized carbons (Fsp3) is 0.467. The molecule has 1 N–H and O–H groups in total. The molecule has 1 aliphatic heterocycles. The normalized spacial score (nSPS) is 25.3. The number of benzene rings is 1. The van der Waals surface area contributed by atoms with Gasteiger partial charge in [-0.2, -0.15) is 0 Å². The van der Waals surface area contributed by atoms with E-state index >= 15 is 0 Å². The predicted molar refractivity (Wildman–Crippen MR) is 76.5 cm³/mol. The molecule has 21 heavy (non-hydrogen) atoms. The first-order valence-electron chi connectivity index (χ1n) is 6.85. The Hall–Kier alpha value is -1.62. The Morgan fingerprint density at radius 1 is 1.52 bits per heavy atom. The molecule has 2 rings (SSSR count). The van der Waals surface area contributed by atoms with Gasteiger partial charge in [0.05, 0.1) is 12.5 Å². The topological polar surface area (TPSA) is 55.4 Å². The van der Waals surface area contributed by atoms with Crippen molar-refractivity contribution in [2.45, 2.75) is 32.2 Å². The standard InChI is InChI=1S/C15H17ClFNO3/c1-3-21-15(20)13-8(2)18-12(19)7-9(13)14-10(16)5-4-6-11(14)17/h4-6,8-9,13H,3,7H2,1-2H3,(H,18,19)/t8-,9-,13+/m0/s1. The number of esters is 1. The molecule has 0 aliphatic carbocycles. The second kappa shape index (κ2) is 6.43. The van der Waals surface area contributed by atoms with Crippen molar-refractivity contribution in [1.82, 2.24) is 5.32 Å². The van der Waals surface area contributed by atoms with Gasteiger partial charge >= 0.3 is 5.97 Å². The molecule has 0 radical (unpaired) electrons. The van der Waals surface area contributed by atoms with Gasteiger partial charge in [-0.25, -0.2) is 4.39 Å². The Morgan fingerprint density at radius 3 is 2.86 bits per heavy atom. The Bertz CT molecular complexity index is 544. The van der Waals surface area contributed by atoms with Crippen LogP contribution in [-0.2, 0) is 14.3 Å². The van der Waals surface area contributed by atoms with Crippen molar-refractivity contribution >= 4 is 23.5 Å². The minimum absolute atomic E-state index is 0.00841. The highest BCUT2D eigenvalue weighted by molar-refractivity contribution is 6.31. The van der Waals surface area contributed by atoms with Crippen molar-refractivity contribution in [2.75, 3.05) is 6.61 Å². The van der Waals surface area contributed by atoms with Crippen LogP contribution in [0.25, 0.3) is 0 Å². The van der Waals surface area contributed by atoms with Crippen molar-refractivity contribution in [2.24, 2.45) is 5.92 Å². The van der Waals surface area contributed by atoms with Gasteiger partial charge in [-0.15, -0.1) is 0 Å². The van der Waals surface area contributed by atoms with E-state index in [0.717, 1.165) is 0 Å². The average Bonchev–Trinajstić information content (AvgIpc) is 2.37. The summed E-state index contributed by atoms with van der Waals surface area (Å²) in [7, 11) is 0. The van der Waals surface area contributed by atoms with Crippen LogP contribution in [0.3, 0.4) is 0 Å². The van der Waals surface area contributed by atoms with Crippen molar-refractivity contribution in [3.8, 4) is 0 Å². The van der Waals surface area contributed by atoms with E-state index in [0.29, 0.717) is 0 Å².